The van der Waals surface area contributed by atoms with Gasteiger partial charge in [-0.1, -0.05) is 27.2 Å². The topological polar surface area (TPSA) is 46.3 Å². The van der Waals surface area contributed by atoms with Crippen LogP contribution in [0.5, 0.6) is 0 Å². The Kier molecular flexibility index (Phi) is 7.28. The smallest absolute Gasteiger partial charge is 0.333 e. The third-order valence-electron chi connectivity index (χ3n) is 2.68. The molecule has 0 radical (unpaired) electrons. The molecule has 0 bridgehead atoms. The maximum absolute atomic E-state index is 12.4. The van der Waals surface area contributed by atoms with E-state index in [-0.39, 0.29) is 24.8 Å². The largest absolute Gasteiger partial charge is 0.406 e. The zero-order valence-electron chi connectivity index (χ0n) is 11.3. The molecule has 0 aromatic rings. The van der Waals surface area contributed by atoms with Crippen molar-refractivity contribution in [3.8, 4) is 0 Å². The minimum Gasteiger partial charge on any atom is -0.333 e. The third kappa shape index (κ3) is 7.53. The first-order valence-corrected chi connectivity index (χ1v) is 6.24. The molecule has 0 aliphatic heterocycles. The van der Waals surface area contributed by atoms with Crippen molar-refractivity contribution in [3.05, 3.63) is 0 Å². The lowest BCUT2D eigenvalue weighted by atomic mass is 10.0. The molecule has 0 aliphatic carbocycles. The lowest BCUT2D eigenvalue weighted by Gasteiger charge is -2.27. The third-order valence-corrected chi connectivity index (χ3v) is 2.68. The summed E-state index contributed by atoms with van der Waals surface area (Å²) >= 11 is 0. The van der Waals surface area contributed by atoms with Gasteiger partial charge in [0, 0.05) is 13.0 Å². The lowest BCUT2D eigenvalue weighted by Crippen LogP contribution is -2.42. The van der Waals surface area contributed by atoms with Gasteiger partial charge >= 0.3 is 6.18 Å². The second-order valence-corrected chi connectivity index (χ2v) is 5.00. The average molecular weight is 268 g/mol. The highest BCUT2D eigenvalue weighted by Crippen LogP contribution is 2.19. The van der Waals surface area contributed by atoms with Crippen molar-refractivity contribution in [2.24, 2.45) is 17.6 Å². The van der Waals surface area contributed by atoms with Crippen LogP contribution in [-0.4, -0.2) is 36.6 Å². The van der Waals surface area contributed by atoms with Crippen LogP contribution in [0.3, 0.4) is 0 Å². The average Bonchev–Trinajstić information content (AvgIpc) is 2.22. The van der Waals surface area contributed by atoms with Gasteiger partial charge in [-0.05, 0) is 18.4 Å². The number of nitrogens with two attached hydrogens (primary N) is 1. The van der Waals surface area contributed by atoms with E-state index in [2.05, 4.69) is 0 Å². The summed E-state index contributed by atoms with van der Waals surface area (Å²) in [5.41, 5.74) is 5.47. The normalized spacial score (nSPS) is 13.8. The van der Waals surface area contributed by atoms with Gasteiger partial charge in [0.1, 0.15) is 6.54 Å². The first kappa shape index (κ1) is 17.2. The van der Waals surface area contributed by atoms with E-state index in [1.54, 1.807) is 13.8 Å². The minimum absolute atomic E-state index is 0.00857. The van der Waals surface area contributed by atoms with Crippen LogP contribution < -0.4 is 5.73 Å². The van der Waals surface area contributed by atoms with Crippen LogP contribution in [0.15, 0.2) is 0 Å². The fourth-order valence-electron chi connectivity index (χ4n) is 1.68. The Morgan fingerprint density at radius 3 is 2.22 bits per heavy atom. The molecule has 0 aromatic carbocycles. The van der Waals surface area contributed by atoms with Crippen molar-refractivity contribution in [3.63, 3.8) is 0 Å². The fourth-order valence-corrected chi connectivity index (χ4v) is 1.68. The second-order valence-electron chi connectivity index (χ2n) is 5.00. The summed E-state index contributed by atoms with van der Waals surface area (Å²) < 4.78 is 37.2. The van der Waals surface area contributed by atoms with Gasteiger partial charge in [0.05, 0.1) is 0 Å². The van der Waals surface area contributed by atoms with E-state index < -0.39 is 18.6 Å². The predicted octanol–water partition coefficient (Wildman–Crippen LogP) is 2.41. The number of halogens is 3. The highest BCUT2D eigenvalue weighted by Gasteiger charge is 2.33. The van der Waals surface area contributed by atoms with Crippen molar-refractivity contribution in [2.45, 2.75) is 39.8 Å². The molecule has 6 heteroatoms. The number of nitrogens with zero attached hydrogens (tertiary/aromatic N) is 1. The van der Waals surface area contributed by atoms with Gasteiger partial charge in [-0.3, -0.25) is 4.79 Å². The maximum Gasteiger partial charge on any atom is 0.406 e. The summed E-state index contributed by atoms with van der Waals surface area (Å²) in [7, 11) is 0. The molecule has 3 nitrogen and oxygen atoms in total. The molecule has 0 rings (SSSR count). The van der Waals surface area contributed by atoms with Crippen molar-refractivity contribution in [1.29, 1.82) is 0 Å². The fraction of sp³-hybridized carbons (Fsp3) is 0.917. The van der Waals surface area contributed by atoms with Crippen LogP contribution in [-0.2, 0) is 4.79 Å². The number of hydrogen-bond acceptors (Lipinski definition) is 2. The molecule has 0 aromatic heterocycles. The Labute approximate surface area is 107 Å². The molecule has 2 N–H and O–H groups in total. The molecule has 18 heavy (non-hydrogen) atoms. The molecule has 108 valence electrons. The summed E-state index contributed by atoms with van der Waals surface area (Å²) in [5.74, 6) is -0.493. The van der Waals surface area contributed by atoms with Gasteiger partial charge in [0.15, 0.2) is 0 Å². The maximum atomic E-state index is 12.4. The van der Waals surface area contributed by atoms with E-state index in [9.17, 15) is 18.0 Å². The molecule has 0 aliphatic rings. The van der Waals surface area contributed by atoms with Gasteiger partial charge < -0.3 is 10.6 Å². The van der Waals surface area contributed by atoms with Crippen molar-refractivity contribution in [2.75, 3.05) is 19.6 Å². The minimum atomic E-state index is -4.35. The van der Waals surface area contributed by atoms with Crippen LogP contribution in [0.1, 0.15) is 33.6 Å². The zero-order valence-corrected chi connectivity index (χ0v) is 11.3. The summed E-state index contributed by atoms with van der Waals surface area (Å²) in [6, 6.07) is 0. The number of rotatable bonds is 7. The van der Waals surface area contributed by atoms with Crippen LogP contribution in [0.4, 0.5) is 13.2 Å². The lowest BCUT2D eigenvalue weighted by molar-refractivity contribution is -0.162. The van der Waals surface area contributed by atoms with Gasteiger partial charge in [-0.15, -0.1) is 0 Å². The SMILES string of the molecule is CCC(CN)CC(=O)N(CC(C)C)CC(F)(F)F. The Morgan fingerprint density at radius 1 is 1.33 bits per heavy atom. The monoisotopic (exact) mass is 268 g/mol. The van der Waals surface area contributed by atoms with Crippen molar-refractivity contribution >= 4 is 5.91 Å². The Bertz CT molecular complexity index is 250. The number of hydrogen-bond donors (Lipinski definition) is 1. The summed E-state index contributed by atoms with van der Waals surface area (Å²) in [4.78, 5) is 12.7. The molecule has 0 saturated carbocycles. The zero-order chi connectivity index (χ0) is 14.3. The molecule has 0 spiro atoms. The van der Waals surface area contributed by atoms with Crippen LogP contribution >= 0.6 is 0 Å². The number of alkyl halides is 3. The Balaban J connectivity index is 4.58. The van der Waals surface area contributed by atoms with Gasteiger partial charge in [0.2, 0.25) is 5.91 Å². The molecule has 1 amide bonds. The van der Waals surface area contributed by atoms with Gasteiger partial charge in [0.25, 0.3) is 0 Å². The summed E-state index contributed by atoms with van der Waals surface area (Å²) in [6.45, 7) is 4.73. The van der Waals surface area contributed by atoms with Crippen molar-refractivity contribution < 1.29 is 18.0 Å². The van der Waals surface area contributed by atoms with Crippen LogP contribution in [0.25, 0.3) is 0 Å². The molecule has 1 unspecified atom stereocenters. The molecule has 0 saturated heterocycles. The Hall–Kier alpha value is -0.780. The van der Waals surface area contributed by atoms with E-state index in [4.69, 9.17) is 5.73 Å². The van der Waals surface area contributed by atoms with Crippen LogP contribution in [0, 0.1) is 11.8 Å². The Morgan fingerprint density at radius 2 is 1.89 bits per heavy atom. The van der Waals surface area contributed by atoms with Crippen LogP contribution in [0.2, 0.25) is 0 Å². The van der Waals surface area contributed by atoms with E-state index >= 15 is 0 Å². The van der Waals surface area contributed by atoms with E-state index in [0.29, 0.717) is 13.0 Å². The standard InChI is InChI=1S/C12H23F3N2O/c1-4-10(6-16)5-11(18)17(7-9(2)3)8-12(13,14)15/h9-10H,4-8,16H2,1-3H3. The highest BCUT2D eigenvalue weighted by molar-refractivity contribution is 5.76. The van der Waals surface area contributed by atoms with Crippen molar-refractivity contribution in [1.82, 2.24) is 4.90 Å². The van der Waals surface area contributed by atoms with E-state index in [1.165, 1.54) is 0 Å². The highest BCUT2D eigenvalue weighted by atomic mass is 19.4. The van der Waals surface area contributed by atoms with E-state index in [1.807, 2.05) is 6.92 Å². The molecule has 0 fully saturated rings. The number of carbonyl (C=O) groups excluding carboxylic acids is 1. The first-order valence-electron chi connectivity index (χ1n) is 6.24. The van der Waals surface area contributed by atoms with Gasteiger partial charge in [-0.2, -0.15) is 13.2 Å². The molecular formula is C12H23F3N2O. The number of amides is 1. The molecule has 1 atom stereocenters. The predicted molar refractivity (Wildman–Crippen MR) is 64.9 cm³/mol. The summed E-state index contributed by atoms with van der Waals surface area (Å²) in [5, 5.41) is 0. The molecular weight excluding hydrogens is 245 g/mol. The number of carbonyl (C=O) groups is 1. The van der Waals surface area contributed by atoms with E-state index in [0.717, 1.165) is 4.90 Å². The van der Waals surface area contributed by atoms with Gasteiger partial charge in [-0.25, -0.2) is 0 Å². The molecule has 0 heterocycles. The first-order chi connectivity index (χ1) is 8.19. The quantitative estimate of drug-likeness (QED) is 0.770. The summed E-state index contributed by atoms with van der Waals surface area (Å²) in [6.07, 6.45) is -3.56. The second kappa shape index (κ2) is 7.61.